The number of rotatable bonds is 2. The van der Waals surface area contributed by atoms with Gasteiger partial charge in [-0.05, 0) is 32.4 Å². The number of piperidine rings is 1. The number of hydrogen-bond acceptors (Lipinski definition) is 3. The van der Waals surface area contributed by atoms with Crippen molar-refractivity contribution in [2.75, 3.05) is 6.54 Å². The molecule has 1 amide bonds. The zero-order chi connectivity index (χ0) is 12.4. The predicted octanol–water partition coefficient (Wildman–Crippen LogP) is 2.93. The lowest BCUT2D eigenvalue weighted by atomic mass is 9.99. The van der Waals surface area contributed by atoms with Gasteiger partial charge in [-0.2, -0.15) is 0 Å². The molecule has 6 heteroatoms. The Bertz CT molecular complexity index is 422. The molecular formula is C11H14Cl2N2OS. The van der Waals surface area contributed by atoms with Crippen LogP contribution >= 0.6 is 34.5 Å². The van der Waals surface area contributed by atoms with E-state index in [1.807, 2.05) is 0 Å². The van der Waals surface area contributed by atoms with Gasteiger partial charge < -0.3 is 10.6 Å². The van der Waals surface area contributed by atoms with Crippen molar-refractivity contribution in [2.24, 2.45) is 0 Å². The van der Waals surface area contributed by atoms with Crippen molar-refractivity contribution in [1.82, 2.24) is 10.6 Å². The Morgan fingerprint density at radius 2 is 2.35 bits per heavy atom. The molecule has 0 radical (unpaired) electrons. The van der Waals surface area contributed by atoms with Crippen molar-refractivity contribution < 1.29 is 4.79 Å². The molecular weight excluding hydrogens is 279 g/mol. The Morgan fingerprint density at radius 1 is 1.59 bits per heavy atom. The molecule has 3 nitrogen and oxygen atoms in total. The first-order valence-corrected chi connectivity index (χ1v) is 7.14. The molecule has 2 rings (SSSR count). The Kier molecular flexibility index (Phi) is 4.31. The lowest BCUT2D eigenvalue weighted by molar-refractivity contribution is 0.0920. The van der Waals surface area contributed by atoms with E-state index in [4.69, 9.17) is 23.2 Å². The fourth-order valence-corrected chi connectivity index (χ4v) is 3.44. The molecule has 0 aromatic carbocycles. The number of amides is 1. The molecule has 1 aliphatic rings. The molecule has 2 unspecified atom stereocenters. The van der Waals surface area contributed by atoms with Crippen LogP contribution in [0.4, 0.5) is 0 Å². The van der Waals surface area contributed by atoms with Crippen LogP contribution in [0.25, 0.3) is 0 Å². The van der Waals surface area contributed by atoms with Crippen LogP contribution in [-0.4, -0.2) is 24.5 Å². The van der Waals surface area contributed by atoms with Crippen LogP contribution in [0, 0.1) is 0 Å². The Morgan fingerprint density at radius 3 is 2.94 bits per heavy atom. The van der Waals surface area contributed by atoms with E-state index in [0.29, 0.717) is 20.3 Å². The van der Waals surface area contributed by atoms with Gasteiger partial charge in [-0.15, -0.1) is 11.3 Å². The van der Waals surface area contributed by atoms with Crippen LogP contribution in [0.1, 0.15) is 30.1 Å². The minimum absolute atomic E-state index is 0.140. The maximum Gasteiger partial charge on any atom is 0.253 e. The summed E-state index contributed by atoms with van der Waals surface area (Å²) in [5.41, 5.74) is 0.472. The summed E-state index contributed by atoms with van der Waals surface area (Å²) < 4.78 is 0.985. The third-order valence-electron chi connectivity index (χ3n) is 2.98. The molecule has 94 valence electrons. The lowest BCUT2D eigenvalue weighted by Gasteiger charge is -2.30. The number of nitrogens with one attached hydrogen (secondary N) is 2. The van der Waals surface area contributed by atoms with Gasteiger partial charge in [0, 0.05) is 12.1 Å². The summed E-state index contributed by atoms with van der Waals surface area (Å²) >= 11 is 13.0. The van der Waals surface area contributed by atoms with E-state index in [0.717, 1.165) is 19.4 Å². The van der Waals surface area contributed by atoms with E-state index < -0.39 is 0 Å². The SMILES string of the molecule is CC1NCCCC1NC(=O)c1cc(Cl)sc1Cl. The van der Waals surface area contributed by atoms with Crippen LogP contribution < -0.4 is 10.6 Å². The van der Waals surface area contributed by atoms with Gasteiger partial charge in [0.05, 0.1) is 9.90 Å². The van der Waals surface area contributed by atoms with Gasteiger partial charge in [0.15, 0.2) is 0 Å². The molecule has 17 heavy (non-hydrogen) atoms. The van der Waals surface area contributed by atoms with Crippen molar-refractivity contribution in [3.8, 4) is 0 Å². The zero-order valence-corrected chi connectivity index (χ0v) is 11.8. The highest BCUT2D eigenvalue weighted by Gasteiger charge is 2.24. The highest BCUT2D eigenvalue weighted by Crippen LogP contribution is 2.31. The maximum atomic E-state index is 12.0. The normalized spacial score (nSPS) is 24.6. The molecule has 1 aliphatic heterocycles. The number of halogens is 2. The van der Waals surface area contributed by atoms with Crippen molar-refractivity contribution in [2.45, 2.75) is 31.8 Å². The van der Waals surface area contributed by atoms with Crippen molar-refractivity contribution in [1.29, 1.82) is 0 Å². The molecule has 0 bridgehead atoms. The van der Waals surface area contributed by atoms with Crippen LogP contribution in [-0.2, 0) is 0 Å². The Hall–Kier alpha value is -0.290. The molecule has 0 aliphatic carbocycles. The first-order chi connectivity index (χ1) is 8.08. The van der Waals surface area contributed by atoms with E-state index >= 15 is 0 Å². The van der Waals surface area contributed by atoms with Gasteiger partial charge in [-0.1, -0.05) is 23.2 Å². The second-order valence-corrected chi connectivity index (χ2v) is 6.49. The van der Waals surface area contributed by atoms with Gasteiger partial charge >= 0.3 is 0 Å². The number of carbonyl (C=O) groups is 1. The van der Waals surface area contributed by atoms with Gasteiger partial charge in [0.1, 0.15) is 4.34 Å². The minimum atomic E-state index is -0.140. The quantitative estimate of drug-likeness (QED) is 0.880. The predicted molar refractivity (Wildman–Crippen MR) is 72.3 cm³/mol. The largest absolute Gasteiger partial charge is 0.348 e. The molecule has 1 aromatic rings. The first-order valence-electron chi connectivity index (χ1n) is 5.57. The van der Waals surface area contributed by atoms with Crippen molar-refractivity contribution in [3.05, 3.63) is 20.3 Å². The topological polar surface area (TPSA) is 41.1 Å². The molecule has 0 spiro atoms. The van der Waals surface area contributed by atoms with Crippen LogP contribution in [0.3, 0.4) is 0 Å². The molecule has 1 saturated heterocycles. The third kappa shape index (κ3) is 3.13. The summed E-state index contributed by atoms with van der Waals surface area (Å²) in [6.07, 6.45) is 2.07. The molecule has 2 N–H and O–H groups in total. The number of hydrogen-bond donors (Lipinski definition) is 2. The second-order valence-electron chi connectivity index (χ2n) is 4.20. The fourth-order valence-electron chi connectivity index (χ4n) is 1.98. The highest BCUT2D eigenvalue weighted by molar-refractivity contribution is 7.20. The van der Waals surface area contributed by atoms with E-state index in [2.05, 4.69) is 17.6 Å². The average Bonchev–Trinajstić information content (AvgIpc) is 2.61. The molecule has 2 atom stereocenters. The van der Waals surface area contributed by atoms with E-state index in [1.165, 1.54) is 11.3 Å². The smallest absolute Gasteiger partial charge is 0.253 e. The van der Waals surface area contributed by atoms with Crippen molar-refractivity contribution in [3.63, 3.8) is 0 Å². The van der Waals surface area contributed by atoms with Gasteiger partial charge in [0.25, 0.3) is 5.91 Å². The summed E-state index contributed by atoms with van der Waals surface area (Å²) in [6, 6.07) is 2.07. The van der Waals surface area contributed by atoms with Gasteiger partial charge in [0.2, 0.25) is 0 Å². The second kappa shape index (κ2) is 5.57. The summed E-state index contributed by atoms with van der Waals surface area (Å²) in [6.45, 7) is 3.09. The summed E-state index contributed by atoms with van der Waals surface area (Å²) in [5.74, 6) is -0.140. The van der Waals surface area contributed by atoms with Gasteiger partial charge in [-0.25, -0.2) is 0 Å². The lowest BCUT2D eigenvalue weighted by Crippen LogP contribution is -2.51. The third-order valence-corrected chi connectivity index (χ3v) is 4.47. The van der Waals surface area contributed by atoms with Crippen molar-refractivity contribution >= 4 is 40.4 Å². The average molecular weight is 293 g/mol. The van der Waals surface area contributed by atoms with Crippen LogP contribution in [0.2, 0.25) is 8.67 Å². The summed E-state index contributed by atoms with van der Waals surface area (Å²) in [4.78, 5) is 12.0. The highest BCUT2D eigenvalue weighted by atomic mass is 35.5. The number of thiophene rings is 1. The summed E-state index contributed by atoms with van der Waals surface area (Å²) in [5, 5.41) is 6.34. The number of carbonyl (C=O) groups excluding carboxylic acids is 1. The van der Waals surface area contributed by atoms with Crippen LogP contribution in [0.5, 0.6) is 0 Å². The first kappa shape index (κ1) is 13.1. The zero-order valence-electron chi connectivity index (χ0n) is 9.43. The van der Waals surface area contributed by atoms with E-state index in [-0.39, 0.29) is 11.9 Å². The fraction of sp³-hybridized carbons (Fsp3) is 0.545. The minimum Gasteiger partial charge on any atom is -0.348 e. The maximum absolute atomic E-state index is 12.0. The Balaban J connectivity index is 2.03. The van der Waals surface area contributed by atoms with E-state index in [9.17, 15) is 4.79 Å². The van der Waals surface area contributed by atoms with E-state index in [1.54, 1.807) is 6.07 Å². The van der Waals surface area contributed by atoms with Crippen LogP contribution in [0.15, 0.2) is 6.07 Å². The van der Waals surface area contributed by atoms with Gasteiger partial charge in [-0.3, -0.25) is 4.79 Å². The standard InChI is InChI=1S/C11H14Cl2N2OS/c1-6-8(3-2-4-14-6)15-11(16)7-5-9(12)17-10(7)13/h5-6,8,14H,2-4H2,1H3,(H,15,16). The monoisotopic (exact) mass is 292 g/mol. The molecule has 1 aromatic heterocycles. The Labute approximate surface area is 114 Å². The molecule has 1 fully saturated rings. The summed E-state index contributed by atoms with van der Waals surface area (Å²) in [7, 11) is 0. The molecule has 2 heterocycles. The molecule has 0 saturated carbocycles.